The van der Waals surface area contributed by atoms with Gasteiger partial charge in [0.25, 0.3) is 0 Å². The van der Waals surface area contributed by atoms with Crippen LogP contribution in [0.5, 0.6) is 0 Å². The third-order valence-electron chi connectivity index (χ3n) is 2.88. The summed E-state index contributed by atoms with van der Waals surface area (Å²) in [7, 11) is -4.04. The van der Waals surface area contributed by atoms with Crippen LogP contribution in [0.3, 0.4) is 0 Å². The predicted octanol–water partition coefficient (Wildman–Crippen LogP) is 1.90. The van der Waals surface area contributed by atoms with Gasteiger partial charge in [-0.1, -0.05) is 0 Å². The third kappa shape index (κ3) is 3.29. The van der Waals surface area contributed by atoms with Crippen LogP contribution in [0.1, 0.15) is 21.5 Å². The first-order chi connectivity index (χ1) is 9.81. The standard InChI is InChI=1S/C13H12FNO5S/c1-8-11(14)4-10(13(16)17)5-12(8)21(18,19)15-6-9-2-3-20-7-9/h2-5,7,15H,6H2,1H3,(H,16,17). The molecule has 0 fully saturated rings. The number of benzene rings is 1. The van der Waals surface area contributed by atoms with Crippen molar-refractivity contribution in [1.82, 2.24) is 4.72 Å². The molecule has 0 aliphatic carbocycles. The lowest BCUT2D eigenvalue weighted by atomic mass is 10.1. The molecule has 2 N–H and O–H groups in total. The van der Waals surface area contributed by atoms with E-state index in [0.717, 1.165) is 12.1 Å². The van der Waals surface area contributed by atoms with Gasteiger partial charge in [-0.05, 0) is 25.1 Å². The van der Waals surface area contributed by atoms with E-state index >= 15 is 0 Å². The summed E-state index contributed by atoms with van der Waals surface area (Å²) >= 11 is 0. The molecule has 0 radical (unpaired) electrons. The summed E-state index contributed by atoms with van der Waals surface area (Å²) in [5.41, 5.74) is 0.0209. The summed E-state index contributed by atoms with van der Waals surface area (Å²) in [6.45, 7) is 1.23. The van der Waals surface area contributed by atoms with Gasteiger partial charge in [0.2, 0.25) is 10.0 Å². The van der Waals surface area contributed by atoms with E-state index in [4.69, 9.17) is 9.52 Å². The summed E-state index contributed by atoms with van der Waals surface area (Å²) < 4.78 is 45.1. The maximum Gasteiger partial charge on any atom is 0.335 e. The Morgan fingerprint density at radius 1 is 1.43 bits per heavy atom. The molecule has 0 amide bonds. The first kappa shape index (κ1) is 15.2. The molecule has 0 unspecified atom stereocenters. The normalized spacial score (nSPS) is 11.5. The van der Waals surface area contributed by atoms with Gasteiger partial charge in [-0.25, -0.2) is 22.3 Å². The minimum Gasteiger partial charge on any atom is -0.478 e. The molecule has 0 atom stereocenters. The van der Waals surface area contributed by atoms with Gasteiger partial charge in [-0.2, -0.15) is 0 Å². The van der Waals surface area contributed by atoms with Crippen LogP contribution in [0.2, 0.25) is 0 Å². The van der Waals surface area contributed by atoms with Crippen molar-refractivity contribution < 1.29 is 27.1 Å². The van der Waals surface area contributed by atoms with E-state index in [1.54, 1.807) is 6.07 Å². The number of carbonyl (C=O) groups is 1. The molecule has 1 aromatic carbocycles. The summed E-state index contributed by atoms with van der Waals surface area (Å²) in [5, 5.41) is 8.88. The van der Waals surface area contributed by atoms with Crippen molar-refractivity contribution in [2.24, 2.45) is 0 Å². The SMILES string of the molecule is Cc1c(F)cc(C(=O)O)cc1S(=O)(=O)NCc1ccoc1. The molecule has 1 aromatic heterocycles. The lowest BCUT2D eigenvalue weighted by molar-refractivity contribution is 0.0696. The first-order valence-corrected chi connectivity index (χ1v) is 7.34. The van der Waals surface area contributed by atoms with Crippen LogP contribution in [0, 0.1) is 12.7 Å². The molecule has 8 heteroatoms. The Morgan fingerprint density at radius 2 is 2.14 bits per heavy atom. The predicted molar refractivity (Wildman–Crippen MR) is 70.8 cm³/mol. The third-order valence-corrected chi connectivity index (χ3v) is 4.41. The number of sulfonamides is 1. The Balaban J connectivity index is 2.37. The van der Waals surface area contributed by atoms with Crippen LogP contribution in [0.4, 0.5) is 4.39 Å². The number of hydrogen-bond acceptors (Lipinski definition) is 4. The highest BCUT2D eigenvalue weighted by Gasteiger charge is 2.22. The second kappa shape index (κ2) is 5.66. The molecular formula is C13H12FNO5S. The van der Waals surface area contributed by atoms with Gasteiger partial charge >= 0.3 is 5.97 Å². The highest BCUT2D eigenvalue weighted by atomic mass is 32.2. The van der Waals surface area contributed by atoms with E-state index in [2.05, 4.69) is 4.72 Å². The number of carboxylic acids is 1. The van der Waals surface area contributed by atoms with Crippen LogP contribution in [-0.4, -0.2) is 19.5 Å². The molecule has 21 heavy (non-hydrogen) atoms. The van der Waals surface area contributed by atoms with E-state index in [0.29, 0.717) is 5.56 Å². The monoisotopic (exact) mass is 313 g/mol. The average molecular weight is 313 g/mol. The van der Waals surface area contributed by atoms with Crippen LogP contribution in [-0.2, 0) is 16.6 Å². The van der Waals surface area contributed by atoms with Gasteiger partial charge in [-0.15, -0.1) is 0 Å². The molecule has 2 aromatic rings. The van der Waals surface area contributed by atoms with E-state index in [1.165, 1.54) is 19.5 Å². The molecule has 1 heterocycles. The van der Waals surface area contributed by atoms with Crippen molar-refractivity contribution in [3.63, 3.8) is 0 Å². The number of furan rings is 1. The largest absolute Gasteiger partial charge is 0.478 e. The Bertz CT molecular complexity index is 768. The fourth-order valence-corrected chi connectivity index (χ4v) is 3.00. The minimum atomic E-state index is -4.04. The van der Waals surface area contributed by atoms with E-state index in [-0.39, 0.29) is 12.1 Å². The van der Waals surface area contributed by atoms with Crippen LogP contribution in [0.15, 0.2) is 40.0 Å². The van der Waals surface area contributed by atoms with Gasteiger partial charge in [-0.3, -0.25) is 0 Å². The highest BCUT2D eigenvalue weighted by Crippen LogP contribution is 2.21. The quantitative estimate of drug-likeness (QED) is 0.879. The second-order valence-electron chi connectivity index (χ2n) is 4.34. The van der Waals surface area contributed by atoms with Crippen molar-refractivity contribution in [3.8, 4) is 0 Å². The Hall–Kier alpha value is -2.19. The second-order valence-corrected chi connectivity index (χ2v) is 6.08. The minimum absolute atomic E-state index is 0.0445. The molecule has 0 spiro atoms. The number of rotatable bonds is 5. The van der Waals surface area contributed by atoms with Crippen molar-refractivity contribution in [2.45, 2.75) is 18.4 Å². The van der Waals surface area contributed by atoms with Gasteiger partial charge in [0.05, 0.1) is 23.0 Å². The van der Waals surface area contributed by atoms with Crippen LogP contribution < -0.4 is 4.72 Å². The van der Waals surface area contributed by atoms with Crippen molar-refractivity contribution in [2.75, 3.05) is 0 Å². The molecule has 0 bridgehead atoms. The maximum atomic E-state index is 13.7. The van der Waals surface area contributed by atoms with E-state index < -0.39 is 32.3 Å². The van der Waals surface area contributed by atoms with Gasteiger partial charge in [0.1, 0.15) is 5.82 Å². The topological polar surface area (TPSA) is 96.6 Å². The molecule has 0 saturated carbocycles. The average Bonchev–Trinajstić information content (AvgIpc) is 2.92. The Kier molecular flexibility index (Phi) is 4.10. The van der Waals surface area contributed by atoms with Crippen LogP contribution >= 0.6 is 0 Å². The number of aromatic carboxylic acids is 1. The van der Waals surface area contributed by atoms with Gasteiger partial charge in [0.15, 0.2) is 0 Å². The fraction of sp³-hybridized carbons (Fsp3) is 0.154. The van der Waals surface area contributed by atoms with Crippen molar-refractivity contribution in [1.29, 1.82) is 0 Å². The zero-order valence-corrected chi connectivity index (χ0v) is 11.8. The maximum absolute atomic E-state index is 13.7. The lowest BCUT2D eigenvalue weighted by Gasteiger charge is -2.10. The molecule has 6 nitrogen and oxygen atoms in total. The summed E-state index contributed by atoms with van der Waals surface area (Å²) in [4.78, 5) is 10.5. The molecule has 2 rings (SSSR count). The number of hydrogen-bond donors (Lipinski definition) is 2. The van der Waals surface area contributed by atoms with E-state index in [1.807, 2.05) is 0 Å². The summed E-state index contributed by atoms with van der Waals surface area (Å²) in [6, 6.07) is 3.29. The smallest absolute Gasteiger partial charge is 0.335 e. The zero-order chi connectivity index (χ0) is 15.6. The lowest BCUT2D eigenvalue weighted by Crippen LogP contribution is -2.24. The first-order valence-electron chi connectivity index (χ1n) is 5.85. The molecule has 0 aliphatic heterocycles. The Morgan fingerprint density at radius 3 is 2.71 bits per heavy atom. The Labute approximate surface area is 120 Å². The molecule has 112 valence electrons. The van der Waals surface area contributed by atoms with Crippen LogP contribution in [0.25, 0.3) is 0 Å². The number of halogens is 1. The van der Waals surface area contributed by atoms with Crippen molar-refractivity contribution in [3.05, 3.63) is 53.2 Å². The van der Waals surface area contributed by atoms with Gasteiger partial charge in [0, 0.05) is 17.7 Å². The summed E-state index contributed by atoms with van der Waals surface area (Å²) in [5.74, 6) is -2.29. The van der Waals surface area contributed by atoms with E-state index in [9.17, 15) is 17.6 Å². The fourth-order valence-electron chi connectivity index (χ4n) is 1.71. The summed E-state index contributed by atoms with van der Waals surface area (Å²) in [6.07, 6.45) is 2.75. The molecule has 0 aliphatic rings. The van der Waals surface area contributed by atoms with Crippen molar-refractivity contribution >= 4 is 16.0 Å². The molecular weight excluding hydrogens is 301 g/mol. The number of carboxylic acid groups (broad SMARTS) is 1. The molecule has 0 saturated heterocycles. The number of nitrogens with one attached hydrogen (secondary N) is 1. The highest BCUT2D eigenvalue weighted by molar-refractivity contribution is 7.89. The van der Waals surface area contributed by atoms with Gasteiger partial charge < -0.3 is 9.52 Å². The zero-order valence-electron chi connectivity index (χ0n) is 11.0.